The van der Waals surface area contributed by atoms with Gasteiger partial charge in [0.15, 0.2) is 0 Å². The summed E-state index contributed by atoms with van der Waals surface area (Å²) < 4.78 is 0. The molecule has 0 fully saturated rings. The molecule has 0 saturated carbocycles. The van der Waals surface area contributed by atoms with Crippen LogP contribution in [0.4, 0.5) is 5.69 Å². The Balaban J connectivity index is 2.96. The van der Waals surface area contributed by atoms with E-state index in [4.69, 9.17) is 0 Å². The Morgan fingerprint density at radius 1 is 1.42 bits per heavy atom. The van der Waals surface area contributed by atoms with E-state index in [1.165, 1.54) is 5.56 Å². The van der Waals surface area contributed by atoms with Crippen LogP contribution in [0.3, 0.4) is 0 Å². The van der Waals surface area contributed by atoms with E-state index in [2.05, 4.69) is 24.6 Å². The van der Waals surface area contributed by atoms with E-state index >= 15 is 0 Å². The summed E-state index contributed by atoms with van der Waals surface area (Å²) in [7, 11) is 0. The van der Waals surface area contributed by atoms with E-state index in [0.717, 1.165) is 12.1 Å². The van der Waals surface area contributed by atoms with E-state index in [1.807, 2.05) is 18.2 Å². The van der Waals surface area contributed by atoms with Crippen LogP contribution in [0.25, 0.3) is 0 Å². The maximum absolute atomic E-state index is 4.25. The zero-order valence-corrected chi connectivity index (χ0v) is 7.33. The lowest BCUT2D eigenvalue weighted by Gasteiger charge is -1.99. The summed E-state index contributed by atoms with van der Waals surface area (Å²) >= 11 is 0. The standard InChI is InChI=1S/C11H13N/c1-3-9-12-11-8-6-5-7-10(11)4-2/h3,5-9H,1,4H2,2H3. The van der Waals surface area contributed by atoms with E-state index in [0.29, 0.717) is 0 Å². The molecule has 0 aliphatic heterocycles. The molecule has 0 unspecified atom stereocenters. The minimum Gasteiger partial charge on any atom is -0.257 e. The maximum atomic E-state index is 4.25. The van der Waals surface area contributed by atoms with E-state index < -0.39 is 0 Å². The molecule has 0 spiro atoms. The van der Waals surface area contributed by atoms with Crippen LogP contribution < -0.4 is 0 Å². The Morgan fingerprint density at radius 2 is 2.17 bits per heavy atom. The predicted molar refractivity (Wildman–Crippen MR) is 54.2 cm³/mol. The second kappa shape index (κ2) is 4.50. The Morgan fingerprint density at radius 3 is 2.83 bits per heavy atom. The summed E-state index contributed by atoms with van der Waals surface area (Å²) in [5.74, 6) is 0. The van der Waals surface area contributed by atoms with Crippen molar-refractivity contribution in [1.82, 2.24) is 0 Å². The molecule has 0 amide bonds. The van der Waals surface area contributed by atoms with Gasteiger partial charge in [-0.05, 0) is 18.1 Å². The number of aliphatic imine (C=N–C) groups is 1. The Hall–Kier alpha value is -1.37. The minimum atomic E-state index is 1.02. The minimum absolute atomic E-state index is 1.02. The lowest BCUT2D eigenvalue weighted by molar-refractivity contribution is 1.13. The van der Waals surface area contributed by atoms with Crippen LogP contribution in [0, 0.1) is 0 Å². The molecular formula is C11H13N. The molecule has 0 bridgehead atoms. The van der Waals surface area contributed by atoms with Crippen molar-refractivity contribution in [2.24, 2.45) is 4.99 Å². The highest BCUT2D eigenvalue weighted by Crippen LogP contribution is 2.18. The number of aryl methyl sites for hydroxylation is 1. The van der Waals surface area contributed by atoms with Crippen LogP contribution in [-0.2, 0) is 6.42 Å². The van der Waals surface area contributed by atoms with Crippen molar-refractivity contribution in [3.8, 4) is 0 Å². The molecule has 1 nitrogen and oxygen atoms in total. The van der Waals surface area contributed by atoms with Crippen LogP contribution in [0.15, 0.2) is 41.9 Å². The number of para-hydroxylation sites is 1. The van der Waals surface area contributed by atoms with Crippen molar-refractivity contribution in [3.63, 3.8) is 0 Å². The fraction of sp³-hybridized carbons (Fsp3) is 0.182. The molecule has 0 radical (unpaired) electrons. The molecule has 12 heavy (non-hydrogen) atoms. The number of benzene rings is 1. The number of hydrogen-bond donors (Lipinski definition) is 0. The zero-order valence-electron chi connectivity index (χ0n) is 7.33. The zero-order chi connectivity index (χ0) is 8.81. The van der Waals surface area contributed by atoms with Crippen LogP contribution in [0.5, 0.6) is 0 Å². The molecule has 0 atom stereocenters. The van der Waals surface area contributed by atoms with Gasteiger partial charge in [-0.2, -0.15) is 0 Å². The second-order valence-corrected chi connectivity index (χ2v) is 2.50. The first kappa shape index (κ1) is 8.72. The van der Waals surface area contributed by atoms with E-state index in [9.17, 15) is 0 Å². The smallest absolute Gasteiger partial charge is 0.0661 e. The van der Waals surface area contributed by atoms with Gasteiger partial charge in [0.2, 0.25) is 0 Å². The Labute approximate surface area is 73.5 Å². The van der Waals surface area contributed by atoms with Gasteiger partial charge in [-0.3, -0.25) is 4.99 Å². The molecule has 0 heterocycles. The van der Waals surface area contributed by atoms with Crippen molar-refractivity contribution < 1.29 is 0 Å². The third-order valence-electron chi connectivity index (χ3n) is 1.69. The van der Waals surface area contributed by atoms with Gasteiger partial charge in [-0.1, -0.05) is 37.8 Å². The van der Waals surface area contributed by atoms with Gasteiger partial charge >= 0.3 is 0 Å². The van der Waals surface area contributed by atoms with Crippen LogP contribution in [-0.4, -0.2) is 6.21 Å². The number of hydrogen-bond acceptors (Lipinski definition) is 1. The first-order chi connectivity index (χ1) is 5.88. The summed E-state index contributed by atoms with van der Waals surface area (Å²) in [6.45, 7) is 5.71. The van der Waals surface area contributed by atoms with Gasteiger partial charge in [-0.25, -0.2) is 0 Å². The summed E-state index contributed by atoms with van der Waals surface area (Å²) in [6.07, 6.45) is 4.42. The van der Waals surface area contributed by atoms with E-state index in [1.54, 1.807) is 12.3 Å². The quantitative estimate of drug-likeness (QED) is 0.601. The largest absolute Gasteiger partial charge is 0.257 e. The molecule has 0 aliphatic rings. The maximum Gasteiger partial charge on any atom is 0.0661 e. The Bertz CT molecular complexity index is 287. The van der Waals surface area contributed by atoms with Gasteiger partial charge in [-0.15, -0.1) is 0 Å². The third kappa shape index (κ3) is 2.06. The molecular weight excluding hydrogens is 146 g/mol. The fourth-order valence-corrected chi connectivity index (χ4v) is 1.07. The molecule has 1 aromatic rings. The summed E-state index contributed by atoms with van der Waals surface area (Å²) in [5.41, 5.74) is 2.32. The fourth-order valence-electron chi connectivity index (χ4n) is 1.07. The van der Waals surface area contributed by atoms with Gasteiger partial charge in [0.05, 0.1) is 5.69 Å². The van der Waals surface area contributed by atoms with Crippen LogP contribution in [0.1, 0.15) is 12.5 Å². The molecule has 0 saturated heterocycles. The first-order valence-corrected chi connectivity index (χ1v) is 4.11. The first-order valence-electron chi connectivity index (χ1n) is 4.11. The lowest BCUT2D eigenvalue weighted by Crippen LogP contribution is -1.79. The number of rotatable bonds is 3. The second-order valence-electron chi connectivity index (χ2n) is 2.50. The lowest BCUT2D eigenvalue weighted by atomic mass is 10.1. The van der Waals surface area contributed by atoms with Crippen molar-refractivity contribution in [1.29, 1.82) is 0 Å². The molecule has 0 aromatic heterocycles. The highest BCUT2D eigenvalue weighted by atomic mass is 14.7. The molecule has 1 aromatic carbocycles. The van der Waals surface area contributed by atoms with Crippen molar-refractivity contribution >= 4 is 11.9 Å². The number of allylic oxidation sites excluding steroid dienone is 1. The van der Waals surface area contributed by atoms with Crippen molar-refractivity contribution in [2.75, 3.05) is 0 Å². The number of nitrogens with zero attached hydrogens (tertiary/aromatic N) is 1. The molecule has 0 aliphatic carbocycles. The van der Waals surface area contributed by atoms with Crippen molar-refractivity contribution in [3.05, 3.63) is 42.5 Å². The van der Waals surface area contributed by atoms with Gasteiger partial charge in [0.1, 0.15) is 0 Å². The van der Waals surface area contributed by atoms with Gasteiger partial charge in [0.25, 0.3) is 0 Å². The van der Waals surface area contributed by atoms with Gasteiger partial charge in [0, 0.05) is 6.21 Å². The molecule has 1 rings (SSSR count). The summed E-state index contributed by atoms with van der Waals surface area (Å²) in [4.78, 5) is 4.25. The normalized spacial score (nSPS) is 10.4. The van der Waals surface area contributed by atoms with Crippen LogP contribution >= 0.6 is 0 Å². The molecule has 62 valence electrons. The van der Waals surface area contributed by atoms with Gasteiger partial charge < -0.3 is 0 Å². The highest BCUT2D eigenvalue weighted by molar-refractivity contribution is 5.74. The monoisotopic (exact) mass is 159 g/mol. The summed E-state index contributed by atoms with van der Waals surface area (Å²) in [5, 5.41) is 0. The third-order valence-corrected chi connectivity index (χ3v) is 1.69. The van der Waals surface area contributed by atoms with Crippen molar-refractivity contribution in [2.45, 2.75) is 13.3 Å². The highest BCUT2D eigenvalue weighted by Gasteiger charge is 1.94. The molecule has 1 heteroatoms. The summed E-state index contributed by atoms with van der Waals surface area (Å²) in [6, 6.07) is 8.13. The average molecular weight is 159 g/mol. The Kier molecular flexibility index (Phi) is 3.27. The van der Waals surface area contributed by atoms with E-state index in [-0.39, 0.29) is 0 Å². The predicted octanol–water partition coefficient (Wildman–Crippen LogP) is 3.14. The molecule has 0 N–H and O–H groups in total. The SMILES string of the molecule is C=CC=Nc1ccccc1CC. The average Bonchev–Trinajstić information content (AvgIpc) is 2.15. The van der Waals surface area contributed by atoms with Crippen LogP contribution in [0.2, 0.25) is 0 Å². The topological polar surface area (TPSA) is 12.4 Å².